The van der Waals surface area contributed by atoms with Crippen molar-refractivity contribution in [2.24, 2.45) is 7.05 Å². The van der Waals surface area contributed by atoms with Gasteiger partial charge in [-0.3, -0.25) is 4.68 Å². The molecule has 2 rings (SSSR count). The zero-order valence-electron chi connectivity index (χ0n) is 9.61. The molecule has 0 saturated carbocycles. The summed E-state index contributed by atoms with van der Waals surface area (Å²) in [5.41, 5.74) is 6.96. The van der Waals surface area contributed by atoms with Crippen LogP contribution in [0.15, 0.2) is 12.4 Å². The number of nitrogens with two attached hydrogens (primary N) is 1. The third-order valence-electron chi connectivity index (χ3n) is 2.26. The van der Waals surface area contributed by atoms with Crippen LogP contribution in [0.2, 0.25) is 0 Å². The second kappa shape index (κ2) is 4.36. The quantitative estimate of drug-likeness (QED) is 0.837. The number of aromatic nitrogens is 4. The van der Waals surface area contributed by atoms with Gasteiger partial charge in [0, 0.05) is 13.2 Å². The molecule has 0 aliphatic rings. The van der Waals surface area contributed by atoms with Crippen LogP contribution < -0.4 is 11.1 Å². The molecule has 0 radical (unpaired) electrons. The molecule has 0 aliphatic carbocycles. The molecule has 0 bridgehead atoms. The van der Waals surface area contributed by atoms with E-state index in [0.29, 0.717) is 5.69 Å². The van der Waals surface area contributed by atoms with Crippen molar-refractivity contribution in [2.75, 3.05) is 11.1 Å². The molecule has 0 atom stereocenters. The molecule has 0 fully saturated rings. The van der Waals surface area contributed by atoms with E-state index in [0.717, 1.165) is 18.3 Å². The second-order valence-corrected chi connectivity index (χ2v) is 3.57. The van der Waals surface area contributed by atoms with E-state index >= 15 is 0 Å². The Morgan fingerprint density at radius 1 is 1.53 bits per heavy atom. The minimum Gasteiger partial charge on any atom is -0.368 e. The number of rotatable bonds is 3. The van der Waals surface area contributed by atoms with Gasteiger partial charge in [0.05, 0.1) is 17.6 Å². The number of aryl methyl sites for hydroxylation is 2. The summed E-state index contributed by atoms with van der Waals surface area (Å²) in [6.07, 6.45) is 3.54. The maximum absolute atomic E-state index is 13.4. The standard InChI is InChI=1S/C10H13FN6/c1-3-7-8(5-17(2)16-7)14-9-6(11)4-13-10(12)15-9/h4-5H,3H2,1-2H3,(H3,12,13,14,15). The van der Waals surface area contributed by atoms with Gasteiger partial charge in [-0.15, -0.1) is 0 Å². The third kappa shape index (κ3) is 2.32. The van der Waals surface area contributed by atoms with Gasteiger partial charge < -0.3 is 11.1 Å². The van der Waals surface area contributed by atoms with Gasteiger partial charge >= 0.3 is 0 Å². The Bertz CT molecular complexity index is 536. The van der Waals surface area contributed by atoms with Gasteiger partial charge in [-0.25, -0.2) is 9.37 Å². The van der Waals surface area contributed by atoms with E-state index in [4.69, 9.17) is 5.73 Å². The predicted octanol–water partition coefficient (Wildman–Crippen LogP) is 1.24. The lowest BCUT2D eigenvalue weighted by molar-refractivity contribution is 0.620. The number of hydrogen-bond acceptors (Lipinski definition) is 5. The zero-order valence-corrected chi connectivity index (χ0v) is 9.61. The van der Waals surface area contributed by atoms with Crippen LogP contribution in [-0.4, -0.2) is 19.7 Å². The Morgan fingerprint density at radius 2 is 2.29 bits per heavy atom. The minimum absolute atomic E-state index is 0.0239. The highest BCUT2D eigenvalue weighted by Gasteiger charge is 2.10. The van der Waals surface area contributed by atoms with Crippen molar-refractivity contribution in [1.82, 2.24) is 19.7 Å². The summed E-state index contributed by atoms with van der Waals surface area (Å²) in [4.78, 5) is 7.36. The first kappa shape index (κ1) is 11.3. The van der Waals surface area contributed by atoms with Crippen molar-refractivity contribution in [2.45, 2.75) is 13.3 Å². The Hall–Kier alpha value is -2.18. The average molecular weight is 236 g/mol. The highest BCUT2D eigenvalue weighted by atomic mass is 19.1. The summed E-state index contributed by atoms with van der Waals surface area (Å²) in [5, 5.41) is 7.10. The van der Waals surface area contributed by atoms with E-state index in [1.165, 1.54) is 0 Å². The lowest BCUT2D eigenvalue weighted by Crippen LogP contribution is -2.03. The topological polar surface area (TPSA) is 81.7 Å². The minimum atomic E-state index is -0.551. The molecule has 6 nitrogen and oxygen atoms in total. The van der Waals surface area contributed by atoms with Gasteiger partial charge in [-0.1, -0.05) is 6.92 Å². The number of nitrogens with zero attached hydrogens (tertiary/aromatic N) is 4. The number of nitrogens with one attached hydrogen (secondary N) is 1. The highest BCUT2D eigenvalue weighted by molar-refractivity contribution is 5.58. The molecule has 0 spiro atoms. The Balaban J connectivity index is 2.33. The van der Waals surface area contributed by atoms with E-state index < -0.39 is 5.82 Å². The number of nitrogen functional groups attached to an aromatic ring is 1. The molecule has 0 aliphatic heterocycles. The molecule has 17 heavy (non-hydrogen) atoms. The Labute approximate surface area is 97.7 Å². The van der Waals surface area contributed by atoms with Crippen molar-refractivity contribution in [3.8, 4) is 0 Å². The maximum atomic E-state index is 13.4. The van der Waals surface area contributed by atoms with Crippen LogP contribution in [0.5, 0.6) is 0 Å². The molecule has 7 heteroatoms. The fourth-order valence-electron chi connectivity index (χ4n) is 1.50. The predicted molar refractivity (Wildman–Crippen MR) is 62.3 cm³/mol. The van der Waals surface area contributed by atoms with Crippen LogP contribution in [0, 0.1) is 5.82 Å². The molecular formula is C10H13FN6. The number of hydrogen-bond donors (Lipinski definition) is 2. The molecule has 2 aromatic rings. The van der Waals surface area contributed by atoms with Crippen molar-refractivity contribution in [3.63, 3.8) is 0 Å². The summed E-state index contributed by atoms with van der Waals surface area (Å²) in [6.45, 7) is 1.97. The van der Waals surface area contributed by atoms with Gasteiger partial charge in [0.25, 0.3) is 0 Å². The number of anilines is 3. The molecular weight excluding hydrogens is 223 g/mol. The van der Waals surface area contributed by atoms with Crippen LogP contribution in [-0.2, 0) is 13.5 Å². The maximum Gasteiger partial charge on any atom is 0.222 e. The van der Waals surface area contributed by atoms with Crippen molar-refractivity contribution in [1.29, 1.82) is 0 Å². The van der Waals surface area contributed by atoms with Gasteiger partial charge in [-0.05, 0) is 6.42 Å². The van der Waals surface area contributed by atoms with Crippen molar-refractivity contribution in [3.05, 3.63) is 23.9 Å². The van der Waals surface area contributed by atoms with Crippen LogP contribution in [0.1, 0.15) is 12.6 Å². The Kier molecular flexibility index (Phi) is 2.90. The van der Waals surface area contributed by atoms with Gasteiger partial charge in [0.2, 0.25) is 5.95 Å². The summed E-state index contributed by atoms with van der Waals surface area (Å²) in [7, 11) is 1.80. The summed E-state index contributed by atoms with van der Waals surface area (Å²) >= 11 is 0. The smallest absolute Gasteiger partial charge is 0.222 e. The fourth-order valence-corrected chi connectivity index (χ4v) is 1.50. The average Bonchev–Trinajstić information content (AvgIpc) is 2.64. The van der Waals surface area contributed by atoms with Gasteiger partial charge in [0.15, 0.2) is 11.6 Å². The van der Waals surface area contributed by atoms with Crippen LogP contribution in [0.3, 0.4) is 0 Å². The largest absolute Gasteiger partial charge is 0.368 e. The first-order valence-corrected chi connectivity index (χ1v) is 5.17. The molecule has 0 unspecified atom stereocenters. The SMILES string of the molecule is CCc1nn(C)cc1Nc1nc(N)ncc1F. The zero-order chi connectivity index (χ0) is 12.4. The van der Waals surface area contributed by atoms with Gasteiger partial charge in [0.1, 0.15) is 0 Å². The van der Waals surface area contributed by atoms with E-state index in [2.05, 4.69) is 20.4 Å². The van der Waals surface area contributed by atoms with Gasteiger partial charge in [-0.2, -0.15) is 10.1 Å². The Morgan fingerprint density at radius 3 is 3.00 bits per heavy atom. The third-order valence-corrected chi connectivity index (χ3v) is 2.26. The summed E-state index contributed by atoms with van der Waals surface area (Å²) in [6, 6.07) is 0. The van der Waals surface area contributed by atoms with E-state index in [1.54, 1.807) is 17.9 Å². The van der Waals surface area contributed by atoms with E-state index in [9.17, 15) is 4.39 Å². The molecule has 0 aromatic carbocycles. The second-order valence-electron chi connectivity index (χ2n) is 3.57. The monoisotopic (exact) mass is 236 g/mol. The number of halogens is 1. The lowest BCUT2D eigenvalue weighted by Gasteiger charge is -2.05. The van der Waals surface area contributed by atoms with Crippen molar-refractivity contribution < 1.29 is 4.39 Å². The molecule has 0 amide bonds. The van der Waals surface area contributed by atoms with Crippen LogP contribution in [0.25, 0.3) is 0 Å². The molecule has 2 heterocycles. The lowest BCUT2D eigenvalue weighted by atomic mass is 10.3. The van der Waals surface area contributed by atoms with Crippen molar-refractivity contribution >= 4 is 17.5 Å². The van der Waals surface area contributed by atoms with E-state index in [1.807, 2.05) is 6.92 Å². The first-order chi connectivity index (χ1) is 8.10. The van der Waals surface area contributed by atoms with Crippen LogP contribution >= 0.6 is 0 Å². The van der Waals surface area contributed by atoms with E-state index in [-0.39, 0.29) is 11.8 Å². The first-order valence-electron chi connectivity index (χ1n) is 5.17. The molecule has 0 saturated heterocycles. The molecule has 90 valence electrons. The highest BCUT2D eigenvalue weighted by Crippen LogP contribution is 2.20. The summed E-state index contributed by atoms with van der Waals surface area (Å²) in [5.74, 6) is -0.471. The molecule has 2 aromatic heterocycles. The van der Waals surface area contributed by atoms with Crippen LogP contribution in [0.4, 0.5) is 21.8 Å². The normalized spacial score (nSPS) is 10.5. The summed E-state index contributed by atoms with van der Waals surface area (Å²) < 4.78 is 15.1. The fraction of sp³-hybridized carbons (Fsp3) is 0.300. The molecule has 3 N–H and O–H groups in total.